The Bertz CT molecular complexity index is 120. The van der Waals surface area contributed by atoms with Gasteiger partial charge in [-0.25, -0.2) is 0 Å². The van der Waals surface area contributed by atoms with Gasteiger partial charge in [-0.1, -0.05) is 13.8 Å². The van der Waals surface area contributed by atoms with Crippen LogP contribution in [-0.2, 0) is 0 Å². The summed E-state index contributed by atoms with van der Waals surface area (Å²) in [5, 5.41) is 0. The molecule has 3 atom stereocenters. The van der Waals surface area contributed by atoms with Crippen molar-refractivity contribution < 1.29 is 0 Å². The standard InChI is InChI=1S/C8H14.ClH.H3N/c1-6-5-7-3-4-8(6,7)2;;/h6-7H,3-5H2,1-2H3;1H;1H3. The lowest BCUT2D eigenvalue weighted by molar-refractivity contribution is -0.117. The first kappa shape index (κ1) is 10.2. The SMILES string of the molecule is CC1CC2CCC12C.Cl.N. The van der Waals surface area contributed by atoms with Crippen LogP contribution in [0.1, 0.15) is 33.1 Å². The van der Waals surface area contributed by atoms with E-state index in [1.807, 2.05) is 0 Å². The summed E-state index contributed by atoms with van der Waals surface area (Å²) in [6.45, 7) is 4.85. The molecule has 1 nitrogen and oxygen atoms in total. The van der Waals surface area contributed by atoms with Crippen LogP contribution in [0, 0.1) is 17.3 Å². The van der Waals surface area contributed by atoms with Crippen molar-refractivity contribution >= 4 is 12.4 Å². The summed E-state index contributed by atoms with van der Waals surface area (Å²) >= 11 is 0. The van der Waals surface area contributed by atoms with Crippen molar-refractivity contribution in [2.45, 2.75) is 33.1 Å². The zero-order valence-corrected chi connectivity index (χ0v) is 7.71. The zero-order chi connectivity index (χ0) is 5.78. The molecule has 0 amide bonds. The maximum absolute atomic E-state index is 2.45. The fraction of sp³-hybridized carbons (Fsp3) is 1.00. The second kappa shape index (κ2) is 2.71. The Balaban J connectivity index is 0.000000405. The van der Waals surface area contributed by atoms with Gasteiger partial charge in [-0.3, -0.25) is 0 Å². The third-order valence-electron chi connectivity index (χ3n) is 3.73. The van der Waals surface area contributed by atoms with E-state index >= 15 is 0 Å². The molecule has 2 rings (SSSR count). The van der Waals surface area contributed by atoms with Gasteiger partial charge >= 0.3 is 0 Å². The number of rotatable bonds is 0. The Morgan fingerprint density at radius 1 is 1.40 bits per heavy atom. The van der Waals surface area contributed by atoms with E-state index < -0.39 is 0 Å². The van der Waals surface area contributed by atoms with Crippen molar-refractivity contribution in [3.63, 3.8) is 0 Å². The van der Waals surface area contributed by atoms with Gasteiger partial charge in [0, 0.05) is 0 Å². The average Bonchev–Trinajstić information content (AvgIpc) is 1.79. The van der Waals surface area contributed by atoms with Gasteiger partial charge in [0.2, 0.25) is 0 Å². The molecule has 3 N–H and O–H groups in total. The highest BCUT2D eigenvalue weighted by Gasteiger charge is 2.54. The predicted molar refractivity (Wildman–Crippen MR) is 46.9 cm³/mol. The molecule has 62 valence electrons. The predicted octanol–water partition coefficient (Wildman–Crippen LogP) is 3.03. The van der Waals surface area contributed by atoms with E-state index in [2.05, 4.69) is 13.8 Å². The van der Waals surface area contributed by atoms with Gasteiger partial charge in [0.25, 0.3) is 0 Å². The zero-order valence-electron chi connectivity index (χ0n) is 6.89. The van der Waals surface area contributed by atoms with Crippen molar-refractivity contribution in [3.8, 4) is 0 Å². The van der Waals surface area contributed by atoms with E-state index in [0.717, 1.165) is 17.3 Å². The van der Waals surface area contributed by atoms with Crippen LogP contribution in [0.4, 0.5) is 0 Å². The van der Waals surface area contributed by atoms with Crippen LogP contribution in [0.2, 0.25) is 0 Å². The van der Waals surface area contributed by atoms with Crippen molar-refractivity contribution in [3.05, 3.63) is 0 Å². The van der Waals surface area contributed by atoms with Crippen LogP contribution in [-0.4, -0.2) is 0 Å². The Morgan fingerprint density at radius 3 is 2.00 bits per heavy atom. The molecule has 0 aromatic heterocycles. The highest BCUT2D eigenvalue weighted by molar-refractivity contribution is 5.85. The molecule has 2 fully saturated rings. The normalized spacial score (nSPS) is 48.6. The molecule has 2 saturated carbocycles. The molecule has 0 aromatic rings. The van der Waals surface area contributed by atoms with E-state index in [1.54, 1.807) is 0 Å². The van der Waals surface area contributed by atoms with E-state index in [4.69, 9.17) is 0 Å². The third-order valence-corrected chi connectivity index (χ3v) is 3.73. The van der Waals surface area contributed by atoms with Crippen LogP contribution in [0.5, 0.6) is 0 Å². The highest BCUT2D eigenvalue weighted by Crippen LogP contribution is 2.63. The molecule has 0 aromatic carbocycles. The lowest BCUT2D eigenvalue weighted by Crippen LogP contribution is -2.52. The van der Waals surface area contributed by atoms with Crippen LogP contribution >= 0.6 is 12.4 Å². The minimum absolute atomic E-state index is 0. The lowest BCUT2D eigenvalue weighted by atomic mass is 9.44. The second-order valence-electron chi connectivity index (χ2n) is 3.88. The van der Waals surface area contributed by atoms with Gasteiger partial charge in [-0.2, -0.15) is 0 Å². The maximum Gasteiger partial charge on any atom is -0.0272 e. The summed E-state index contributed by atoms with van der Waals surface area (Å²) in [7, 11) is 0. The first-order chi connectivity index (χ1) is 3.73. The van der Waals surface area contributed by atoms with Crippen molar-refractivity contribution in [2.24, 2.45) is 17.3 Å². The molecule has 3 unspecified atom stereocenters. The Labute approximate surface area is 69.6 Å². The van der Waals surface area contributed by atoms with Gasteiger partial charge in [0.05, 0.1) is 0 Å². The minimum atomic E-state index is 0. The Hall–Kier alpha value is 0.250. The van der Waals surface area contributed by atoms with Crippen LogP contribution in [0.3, 0.4) is 0 Å². The van der Waals surface area contributed by atoms with Crippen molar-refractivity contribution in [2.75, 3.05) is 0 Å². The molecule has 0 heterocycles. The van der Waals surface area contributed by atoms with Gasteiger partial charge < -0.3 is 6.15 Å². The molecule has 0 bridgehead atoms. The van der Waals surface area contributed by atoms with E-state index in [1.165, 1.54) is 19.3 Å². The number of hydrogen-bond donors (Lipinski definition) is 1. The summed E-state index contributed by atoms with van der Waals surface area (Å²) in [5.41, 5.74) is 0.819. The second-order valence-corrected chi connectivity index (χ2v) is 3.88. The molecule has 0 spiro atoms. The molecule has 0 saturated heterocycles. The smallest absolute Gasteiger partial charge is 0.0272 e. The summed E-state index contributed by atoms with van der Waals surface area (Å²) in [4.78, 5) is 0. The summed E-state index contributed by atoms with van der Waals surface area (Å²) < 4.78 is 0. The fourth-order valence-electron chi connectivity index (χ4n) is 2.38. The molecule has 2 aliphatic rings. The Morgan fingerprint density at radius 2 is 2.00 bits per heavy atom. The third kappa shape index (κ3) is 0.876. The molecule has 0 radical (unpaired) electrons. The van der Waals surface area contributed by atoms with Crippen LogP contribution < -0.4 is 6.15 Å². The number of halogens is 1. The monoisotopic (exact) mass is 163 g/mol. The molecule has 2 heteroatoms. The highest BCUT2D eigenvalue weighted by atomic mass is 35.5. The van der Waals surface area contributed by atoms with E-state index in [-0.39, 0.29) is 18.6 Å². The fourth-order valence-corrected chi connectivity index (χ4v) is 2.38. The largest absolute Gasteiger partial charge is 0.344 e. The minimum Gasteiger partial charge on any atom is -0.344 e. The summed E-state index contributed by atoms with van der Waals surface area (Å²) in [6, 6.07) is 0. The molecule has 0 aliphatic heterocycles. The van der Waals surface area contributed by atoms with Gasteiger partial charge in [0.1, 0.15) is 0 Å². The summed E-state index contributed by atoms with van der Waals surface area (Å²) in [6.07, 6.45) is 4.57. The number of hydrogen-bond acceptors (Lipinski definition) is 1. The lowest BCUT2D eigenvalue weighted by Gasteiger charge is -2.61. The van der Waals surface area contributed by atoms with Gasteiger partial charge in [-0.05, 0) is 36.5 Å². The van der Waals surface area contributed by atoms with Crippen LogP contribution in [0.15, 0.2) is 0 Å². The van der Waals surface area contributed by atoms with Crippen molar-refractivity contribution in [1.29, 1.82) is 0 Å². The topological polar surface area (TPSA) is 35.0 Å². The molecule has 2 aliphatic carbocycles. The average molecular weight is 164 g/mol. The summed E-state index contributed by atoms with van der Waals surface area (Å²) in [5.74, 6) is 2.18. The molecule has 10 heavy (non-hydrogen) atoms. The van der Waals surface area contributed by atoms with Gasteiger partial charge in [-0.15, -0.1) is 12.4 Å². The van der Waals surface area contributed by atoms with Gasteiger partial charge in [0.15, 0.2) is 0 Å². The van der Waals surface area contributed by atoms with Crippen LogP contribution in [0.25, 0.3) is 0 Å². The first-order valence-corrected chi connectivity index (χ1v) is 3.73. The van der Waals surface area contributed by atoms with E-state index in [9.17, 15) is 0 Å². The molecular formula is C8H18ClN. The number of fused-ring (bicyclic) bond motifs is 1. The molecular weight excluding hydrogens is 146 g/mol. The van der Waals surface area contributed by atoms with E-state index in [0.29, 0.717) is 0 Å². The Kier molecular flexibility index (Phi) is 2.77. The first-order valence-electron chi connectivity index (χ1n) is 3.73. The maximum atomic E-state index is 2.45. The van der Waals surface area contributed by atoms with Crippen molar-refractivity contribution in [1.82, 2.24) is 6.15 Å². The quantitative estimate of drug-likeness (QED) is 0.586.